The lowest BCUT2D eigenvalue weighted by atomic mass is 9.85. The lowest BCUT2D eigenvalue weighted by Crippen LogP contribution is -2.24. The molecule has 0 unspecified atom stereocenters. The summed E-state index contributed by atoms with van der Waals surface area (Å²) in [6.07, 6.45) is 0. The molecule has 0 radical (unpaired) electrons. The number of para-hydroxylation sites is 1. The number of hydrogen-bond donors (Lipinski definition) is 0. The van der Waals surface area contributed by atoms with Crippen LogP contribution in [0.15, 0.2) is 72.8 Å². The van der Waals surface area contributed by atoms with Crippen molar-refractivity contribution >= 4 is 11.6 Å². The van der Waals surface area contributed by atoms with Gasteiger partial charge in [-0.1, -0.05) is 67.9 Å². The van der Waals surface area contributed by atoms with Gasteiger partial charge in [-0.05, 0) is 53.9 Å². The first-order valence-corrected chi connectivity index (χ1v) is 9.48. The Morgan fingerprint density at radius 3 is 2.33 bits per heavy atom. The van der Waals surface area contributed by atoms with Crippen LogP contribution in [0.5, 0.6) is 11.5 Å². The third-order valence-corrected chi connectivity index (χ3v) is 4.97. The predicted octanol–water partition coefficient (Wildman–Crippen LogP) is 6.94. The van der Waals surface area contributed by atoms with E-state index in [1.807, 2.05) is 67.6 Å². The Kier molecular flexibility index (Phi) is 6.20. The number of ether oxygens (including phenoxy) is 2. The van der Waals surface area contributed by atoms with Gasteiger partial charge in [0.25, 0.3) is 0 Å². The van der Waals surface area contributed by atoms with Crippen molar-refractivity contribution in [2.75, 3.05) is 6.61 Å². The molecule has 3 aromatic rings. The van der Waals surface area contributed by atoms with Gasteiger partial charge in [-0.3, -0.25) is 0 Å². The zero-order chi connectivity index (χ0) is 19.3. The molecule has 0 amide bonds. The van der Waals surface area contributed by atoms with Gasteiger partial charge in [0.2, 0.25) is 0 Å². The Morgan fingerprint density at radius 2 is 1.59 bits per heavy atom. The summed E-state index contributed by atoms with van der Waals surface area (Å²) in [5.74, 6) is 1.64. The number of benzene rings is 3. The van der Waals surface area contributed by atoms with Crippen LogP contribution in [-0.4, -0.2) is 6.61 Å². The van der Waals surface area contributed by atoms with Crippen molar-refractivity contribution in [3.05, 3.63) is 94.5 Å². The highest BCUT2D eigenvalue weighted by Crippen LogP contribution is 2.28. The molecule has 0 fully saturated rings. The molecule has 27 heavy (non-hydrogen) atoms. The SMILES string of the molecule is Cc1ccc(C(C)(C)COCc2cccc(Oc3ccccc3)c2)cc1Cl. The number of halogens is 1. The van der Waals surface area contributed by atoms with Crippen LogP contribution in [0.4, 0.5) is 0 Å². The Morgan fingerprint density at radius 1 is 0.852 bits per heavy atom. The van der Waals surface area contributed by atoms with Gasteiger partial charge in [-0.15, -0.1) is 0 Å². The quantitative estimate of drug-likeness (QED) is 0.442. The monoisotopic (exact) mass is 380 g/mol. The van der Waals surface area contributed by atoms with E-state index < -0.39 is 0 Å². The standard InChI is InChI=1S/C24H25ClO2/c1-18-12-13-20(15-23(18)25)24(2,3)17-26-16-19-8-7-11-22(14-19)27-21-9-5-4-6-10-21/h4-15H,16-17H2,1-3H3. The first kappa shape index (κ1) is 19.5. The van der Waals surface area contributed by atoms with Crippen molar-refractivity contribution in [3.8, 4) is 11.5 Å². The predicted molar refractivity (Wildman–Crippen MR) is 112 cm³/mol. The summed E-state index contributed by atoms with van der Waals surface area (Å²) < 4.78 is 11.9. The molecule has 0 saturated heterocycles. The van der Waals surface area contributed by atoms with Crippen LogP contribution in [0.1, 0.15) is 30.5 Å². The molecule has 0 N–H and O–H groups in total. The molecule has 0 atom stereocenters. The zero-order valence-corrected chi connectivity index (χ0v) is 16.8. The molecule has 0 aromatic heterocycles. The number of rotatable bonds is 7. The Balaban J connectivity index is 1.59. The van der Waals surface area contributed by atoms with Crippen LogP contribution in [0.25, 0.3) is 0 Å². The normalized spacial score (nSPS) is 11.4. The summed E-state index contributed by atoms with van der Waals surface area (Å²) in [6, 6.07) is 24.0. The van der Waals surface area contributed by atoms with Gasteiger partial charge in [0, 0.05) is 10.4 Å². The van der Waals surface area contributed by atoms with Crippen LogP contribution in [0.2, 0.25) is 5.02 Å². The topological polar surface area (TPSA) is 18.5 Å². The smallest absolute Gasteiger partial charge is 0.127 e. The molecule has 0 heterocycles. The maximum Gasteiger partial charge on any atom is 0.127 e. The molecular weight excluding hydrogens is 356 g/mol. The molecule has 3 heteroatoms. The fourth-order valence-electron chi connectivity index (χ4n) is 2.84. The summed E-state index contributed by atoms with van der Waals surface area (Å²) in [5.41, 5.74) is 3.24. The number of hydrogen-bond acceptors (Lipinski definition) is 2. The van der Waals surface area contributed by atoms with Crippen LogP contribution < -0.4 is 4.74 Å². The molecule has 3 rings (SSSR count). The minimum absolute atomic E-state index is 0.116. The van der Waals surface area contributed by atoms with E-state index in [9.17, 15) is 0 Å². The third-order valence-electron chi connectivity index (χ3n) is 4.56. The van der Waals surface area contributed by atoms with Crippen molar-refractivity contribution in [1.29, 1.82) is 0 Å². The molecule has 0 saturated carbocycles. The van der Waals surface area contributed by atoms with Crippen molar-refractivity contribution in [2.45, 2.75) is 32.8 Å². The molecule has 0 aliphatic carbocycles. The van der Waals surface area contributed by atoms with E-state index in [4.69, 9.17) is 21.1 Å². The molecule has 2 nitrogen and oxygen atoms in total. The van der Waals surface area contributed by atoms with Crippen molar-refractivity contribution in [2.24, 2.45) is 0 Å². The van der Waals surface area contributed by atoms with E-state index in [0.29, 0.717) is 13.2 Å². The van der Waals surface area contributed by atoms with Crippen LogP contribution in [0.3, 0.4) is 0 Å². The average Bonchev–Trinajstić information content (AvgIpc) is 2.65. The maximum atomic E-state index is 6.28. The second kappa shape index (κ2) is 8.60. The minimum Gasteiger partial charge on any atom is -0.457 e. The largest absolute Gasteiger partial charge is 0.457 e. The first-order chi connectivity index (χ1) is 12.9. The fourth-order valence-corrected chi connectivity index (χ4v) is 3.03. The molecule has 3 aromatic carbocycles. The van der Waals surface area contributed by atoms with Gasteiger partial charge in [0.05, 0.1) is 13.2 Å². The molecule has 0 bridgehead atoms. The van der Waals surface area contributed by atoms with Gasteiger partial charge in [-0.25, -0.2) is 0 Å². The minimum atomic E-state index is -0.116. The van der Waals surface area contributed by atoms with E-state index in [0.717, 1.165) is 27.6 Å². The molecule has 0 aliphatic rings. The van der Waals surface area contributed by atoms with Crippen LogP contribution in [-0.2, 0) is 16.8 Å². The molecule has 140 valence electrons. The van der Waals surface area contributed by atoms with E-state index in [1.165, 1.54) is 5.56 Å². The van der Waals surface area contributed by atoms with Gasteiger partial charge >= 0.3 is 0 Å². The van der Waals surface area contributed by atoms with E-state index in [-0.39, 0.29) is 5.41 Å². The van der Waals surface area contributed by atoms with E-state index >= 15 is 0 Å². The van der Waals surface area contributed by atoms with Crippen molar-refractivity contribution in [3.63, 3.8) is 0 Å². The van der Waals surface area contributed by atoms with Crippen LogP contribution in [0, 0.1) is 6.92 Å². The summed E-state index contributed by atoms with van der Waals surface area (Å²) >= 11 is 6.28. The van der Waals surface area contributed by atoms with Gasteiger partial charge in [0.15, 0.2) is 0 Å². The number of aryl methyl sites for hydroxylation is 1. The van der Waals surface area contributed by atoms with Gasteiger partial charge in [-0.2, -0.15) is 0 Å². The summed E-state index contributed by atoms with van der Waals surface area (Å²) in [5, 5.41) is 0.798. The van der Waals surface area contributed by atoms with Crippen molar-refractivity contribution < 1.29 is 9.47 Å². The molecule has 0 spiro atoms. The highest BCUT2D eigenvalue weighted by Gasteiger charge is 2.21. The van der Waals surface area contributed by atoms with Gasteiger partial charge < -0.3 is 9.47 Å². The van der Waals surface area contributed by atoms with Crippen molar-refractivity contribution in [1.82, 2.24) is 0 Å². The summed E-state index contributed by atoms with van der Waals surface area (Å²) in [7, 11) is 0. The third kappa shape index (κ3) is 5.35. The highest BCUT2D eigenvalue weighted by atomic mass is 35.5. The summed E-state index contributed by atoms with van der Waals surface area (Å²) in [4.78, 5) is 0. The average molecular weight is 381 g/mol. The lowest BCUT2D eigenvalue weighted by Gasteiger charge is -2.25. The van der Waals surface area contributed by atoms with E-state index in [1.54, 1.807) is 0 Å². The second-order valence-electron chi connectivity index (χ2n) is 7.40. The second-order valence-corrected chi connectivity index (χ2v) is 7.81. The highest BCUT2D eigenvalue weighted by molar-refractivity contribution is 6.31. The molecular formula is C24H25ClO2. The zero-order valence-electron chi connectivity index (χ0n) is 16.0. The van der Waals surface area contributed by atoms with Crippen LogP contribution >= 0.6 is 11.6 Å². The first-order valence-electron chi connectivity index (χ1n) is 9.10. The lowest BCUT2D eigenvalue weighted by molar-refractivity contribution is 0.0824. The summed E-state index contributed by atoms with van der Waals surface area (Å²) in [6.45, 7) is 7.50. The van der Waals surface area contributed by atoms with E-state index in [2.05, 4.69) is 26.0 Å². The van der Waals surface area contributed by atoms with Gasteiger partial charge in [0.1, 0.15) is 11.5 Å². The Labute approximate surface area is 166 Å². The Bertz CT molecular complexity index is 888. The molecule has 0 aliphatic heterocycles. The fraction of sp³-hybridized carbons (Fsp3) is 0.250. The Hall–Kier alpha value is -2.29. The maximum absolute atomic E-state index is 6.28.